The Bertz CT molecular complexity index is 403. The topological polar surface area (TPSA) is 12.0 Å². The van der Waals surface area contributed by atoms with Crippen LogP contribution in [-0.4, -0.2) is 6.54 Å². The lowest BCUT2D eigenvalue weighted by atomic mass is 10.1. The third-order valence-corrected chi connectivity index (χ3v) is 4.27. The van der Waals surface area contributed by atoms with E-state index in [2.05, 4.69) is 46.9 Å². The fourth-order valence-electron chi connectivity index (χ4n) is 1.62. The number of nitrogens with one attached hydrogen (secondary N) is 1. The predicted molar refractivity (Wildman–Crippen MR) is 73.3 cm³/mol. The molecule has 2 rings (SSSR count). The molecule has 16 heavy (non-hydrogen) atoms. The predicted octanol–water partition coefficient (Wildman–Crippen LogP) is 3.87. The van der Waals surface area contributed by atoms with Crippen LogP contribution in [0.4, 0.5) is 0 Å². The summed E-state index contributed by atoms with van der Waals surface area (Å²) in [5.74, 6) is 0. The van der Waals surface area contributed by atoms with Gasteiger partial charge in [0.15, 0.2) is 0 Å². The highest BCUT2D eigenvalue weighted by Crippen LogP contribution is 2.24. The minimum Gasteiger partial charge on any atom is -0.305 e. The van der Waals surface area contributed by atoms with Gasteiger partial charge in [-0.25, -0.2) is 0 Å². The lowest BCUT2D eigenvalue weighted by Crippen LogP contribution is -2.22. The quantitative estimate of drug-likeness (QED) is 0.766. The fraction of sp³-hybridized carbons (Fsp3) is 0.231. The first kappa shape index (κ1) is 11.6. The van der Waals surface area contributed by atoms with E-state index >= 15 is 0 Å². The zero-order chi connectivity index (χ0) is 11.2. The van der Waals surface area contributed by atoms with Crippen molar-refractivity contribution in [3.05, 3.63) is 57.4 Å². The minimum absolute atomic E-state index is 0.414. The van der Waals surface area contributed by atoms with E-state index in [0.29, 0.717) is 6.04 Å². The molecule has 2 heterocycles. The largest absolute Gasteiger partial charge is 0.305 e. The van der Waals surface area contributed by atoms with E-state index in [9.17, 15) is 0 Å². The van der Waals surface area contributed by atoms with Crippen LogP contribution in [0.15, 0.2) is 47.7 Å². The van der Waals surface area contributed by atoms with E-state index in [0.717, 1.165) is 13.0 Å². The third-order valence-electron chi connectivity index (χ3n) is 2.38. The van der Waals surface area contributed by atoms with Crippen molar-refractivity contribution >= 4 is 22.7 Å². The normalized spacial score (nSPS) is 12.5. The molecule has 0 spiro atoms. The molecule has 0 amide bonds. The summed E-state index contributed by atoms with van der Waals surface area (Å²) in [4.78, 5) is 2.82. The summed E-state index contributed by atoms with van der Waals surface area (Å²) in [6, 6.07) is 9.02. The summed E-state index contributed by atoms with van der Waals surface area (Å²) in [7, 11) is 0. The molecule has 0 saturated heterocycles. The van der Waals surface area contributed by atoms with E-state index in [1.807, 2.05) is 28.7 Å². The van der Waals surface area contributed by atoms with Gasteiger partial charge in [-0.2, -0.15) is 0 Å². The molecule has 0 saturated carbocycles. The second-order valence-corrected chi connectivity index (χ2v) is 5.56. The van der Waals surface area contributed by atoms with Crippen molar-refractivity contribution in [3.63, 3.8) is 0 Å². The van der Waals surface area contributed by atoms with Crippen LogP contribution in [0, 0.1) is 0 Å². The molecular formula is C13H15NS2. The smallest absolute Gasteiger partial charge is 0.0465 e. The van der Waals surface area contributed by atoms with Crippen LogP contribution >= 0.6 is 22.7 Å². The van der Waals surface area contributed by atoms with Crippen LogP contribution < -0.4 is 5.32 Å². The summed E-state index contributed by atoms with van der Waals surface area (Å²) in [5.41, 5.74) is 0. The first-order valence-electron chi connectivity index (χ1n) is 5.30. The highest BCUT2D eigenvalue weighted by molar-refractivity contribution is 7.10. The molecule has 1 unspecified atom stereocenters. The number of hydrogen-bond donors (Lipinski definition) is 1. The van der Waals surface area contributed by atoms with Gasteiger partial charge in [-0.15, -0.1) is 29.3 Å². The number of thiophene rings is 2. The summed E-state index contributed by atoms with van der Waals surface area (Å²) >= 11 is 3.63. The van der Waals surface area contributed by atoms with Gasteiger partial charge in [-0.1, -0.05) is 18.2 Å². The molecule has 0 radical (unpaired) electrons. The first-order valence-corrected chi connectivity index (χ1v) is 7.06. The zero-order valence-electron chi connectivity index (χ0n) is 9.06. The molecule has 2 aromatic heterocycles. The Hall–Kier alpha value is -0.900. The second-order valence-electron chi connectivity index (χ2n) is 3.55. The molecule has 0 aliphatic carbocycles. The van der Waals surface area contributed by atoms with E-state index in [1.165, 1.54) is 9.75 Å². The van der Waals surface area contributed by atoms with Crippen LogP contribution in [0.3, 0.4) is 0 Å². The van der Waals surface area contributed by atoms with E-state index in [-0.39, 0.29) is 0 Å². The fourth-order valence-corrected chi connectivity index (χ4v) is 3.17. The number of rotatable bonds is 6. The number of hydrogen-bond acceptors (Lipinski definition) is 3. The minimum atomic E-state index is 0.414. The molecule has 1 nitrogen and oxygen atoms in total. The lowest BCUT2D eigenvalue weighted by Gasteiger charge is -2.15. The Morgan fingerprint density at radius 3 is 2.69 bits per heavy atom. The molecule has 0 aliphatic rings. The lowest BCUT2D eigenvalue weighted by molar-refractivity contribution is 0.578. The molecular weight excluding hydrogens is 234 g/mol. The molecule has 1 N–H and O–H groups in total. The molecule has 0 aliphatic heterocycles. The maximum absolute atomic E-state index is 3.75. The Balaban J connectivity index is 2.05. The summed E-state index contributed by atoms with van der Waals surface area (Å²) in [6.45, 7) is 4.61. The Kier molecular flexibility index (Phi) is 4.34. The SMILES string of the molecule is C=CCNC(Cc1cccs1)c1cccs1. The summed E-state index contributed by atoms with van der Waals surface area (Å²) < 4.78 is 0. The third kappa shape index (κ3) is 3.04. The summed E-state index contributed by atoms with van der Waals surface area (Å²) in [5, 5.41) is 7.77. The van der Waals surface area contributed by atoms with Gasteiger partial charge in [0.2, 0.25) is 0 Å². The van der Waals surface area contributed by atoms with Gasteiger partial charge in [0, 0.05) is 28.8 Å². The van der Waals surface area contributed by atoms with Crippen LogP contribution in [-0.2, 0) is 6.42 Å². The van der Waals surface area contributed by atoms with E-state index in [1.54, 1.807) is 0 Å². The van der Waals surface area contributed by atoms with Gasteiger partial charge >= 0.3 is 0 Å². The van der Waals surface area contributed by atoms with Gasteiger partial charge in [0.25, 0.3) is 0 Å². The van der Waals surface area contributed by atoms with Crippen LogP contribution in [0.2, 0.25) is 0 Å². The van der Waals surface area contributed by atoms with Crippen molar-refractivity contribution in [1.29, 1.82) is 0 Å². The van der Waals surface area contributed by atoms with Crippen molar-refractivity contribution in [2.75, 3.05) is 6.54 Å². The molecule has 84 valence electrons. The molecule has 1 atom stereocenters. The summed E-state index contributed by atoms with van der Waals surface area (Å²) in [6.07, 6.45) is 2.97. The molecule has 0 aromatic carbocycles. The Morgan fingerprint density at radius 2 is 2.06 bits per heavy atom. The van der Waals surface area contributed by atoms with Crippen molar-refractivity contribution in [3.8, 4) is 0 Å². The van der Waals surface area contributed by atoms with Crippen molar-refractivity contribution in [2.24, 2.45) is 0 Å². The van der Waals surface area contributed by atoms with Crippen LogP contribution in [0.5, 0.6) is 0 Å². The van der Waals surface area contributed by atoms with Gasteiger partial charge < -0.3 is 5.32 Å². The zero-order valence-corrected chi connectivity index (χ0v) is 10.7. The molecule has 2 aromatic rings. The second kappa shape index (κ2) is 5.99. The standard InChI is InChI=1S/C13H15NS2/c1-2-7-14-12(13-6-4-9-16-13)10-11-5-3-8-15-11/h2-6,8-9,12,14H,1,7,10H2. The van der Waals surface area contributed by atoms with Gasteiger partial charge in [-0.3, -0.25) is 0 Å². The van der Waals surface area contributed by atoms with Crippen LogP contribution in [0.25, 0.3) is 0 Å². The van der Waals surface area contributed by atoms with E-state index < -0.39 is 0 Å². The van der Waals surface area contributed by atoms with Crippen LogP contribution in [0.1, 0.15) is 15.8 Å². The van der Waals surface area contributed by atoms with Gasteiger partial charge in [0.05, 0.1) is 0 Å². The monoisotopic (exact) mass is 249 g/mol. The molecule has 0 fully saturated rings. The van der Waals surface area contributed by atoms with Crippen molar-refractivity contribution < 1.29 is 0 Å². The van der Waals surface area contributed by atoms with Gasteiger partial charge in [0.1, 0.15) is 0 Å². The maximum atomic E-state index is 3.75. The molecule has 3 heteroatoms. The highest BCUT2D eigenvalue weighted by atomic mass is 32.1. The first-order chi connectivity index (χ1) is 7.90. The van der Waals surface area contributed by atoms with Crippen molar-refractivity contribution in [1.82, 2.24) is 5.32 Å². The van der Waals surface area contributed by atoms with E-state index in [4.69, 9.17) is 0 Å². The highest BCUT2D eigenvalue weighted by Gasteiger charge is 2.12. The maximum Gasteiger partial charge on any atom is 0.0465 e. The molecule has 0 bridgehead atoms. The Labute approximate surface area is 104 Å². The van der Waals surface area contributed by atoms with Crippen molar-refractivity contribution in [2.45, 2.75) is 12.5 Å². The average molecular weight is 249 g/mol. The van der Waals surface area contributed by atoms with Gasteiger partial charge in [-0.05, 0) is 22.9 Å². The average Bonchev–Trinajstić information content (AvgIpc) is 2.96. The Morgan fingerprint density at radius 1 is 1.25 bits per heavy atom.